The van der Waals surface area contributed by atoms with Gasteiger partial charge >= 0.3 is 19.8 Å². The first-order valence-corrected chi connectivity index (χ1v) is 23.3. The van der Waals surface area contributed by atoms with E-state index in [4.69, 9.17) is 24.3 Å². The van der Waals surface area contributed by atoms with Crippen LogP contribution in [-0.2, 0) is 32.7 Å². The highest BCUT2D eigenvalue weighted by Crippen LogP contribution is 2.43. The lowest BCUT2D eigenvalue weighted by Crippen LogP contribution is -2.29. The quantitative estimate of drug-likeness (QED) is 0.0269. The fourth-order valence-electron chi connectivity index (χ4n) is 6.09. The Hall–Kier alpha value is -1.51. The molecule has 312 valence electrons. The number of rotatable bonds is 41. The van der Waals surface area contributed by atoms with Gasteiger partial charge in [0.25, 0.3) is 0 Å². The first kappa shape index (κ1) is 51.5. The second kappa shape index (κ2) is 40.2. The van der Waals surface area contributed by atoms with Gasteiger partial charge in [0, 0.05) is 19.4 Å². The highest BCUT2D eigenvalue weighted by molar-refractivity contribution is 7.47. The zero-order valence-electron chi connectivity index (χ0n) is 34.3. The fraction of sp³-hybridized carbons (Fsp3) is 0.860. The van der Waals surface area contributed by atoms with Gasteiger partial charge in [-0.25, -0.2) is 4.57 Å². The van der Waals surface area contributed by atoms with Gasteiger partial charge in [0.05, 0.1) is 13.2 Å². The molecule has 0 saturated heterocycles. The van der Waals surface area contributed by atoms with E-state index in [1.807, 2.05) is 0 Å². The molecule has 0 aliphatic carbocycles. The molecule has 0 rings (SSSR count). The van der Waals surface area contributed by atoms with Crippen molar-refractivity contribution < 1.29 is 37.6 Å². The molecule has 3 N–H and O–H groups in total. The van der Waals surface area contributed by atoms with Crippen LogP contribution in [0.2, 0.25) is 0 Å². The van der Waals surface area contributed by atoms with Crippen LogP contribution in [-0.4, -0.2) is 49.3 Å². The van der Waals surface area contributed by atoms with Crippen LogP contribution in [0.1, 0.15) is 206 Å². The van der Waals surface area contributed by atoms with Crippen molar-refractivity contribution in [1.29, 1.82) is 0 Å². The Balaban J connectivity index is 4.19. The minimum Gasteiger partial charge on any atom is -0.462 e. The van der Waals surface area contributed by atoms with Gasteiger partial charge in [-0.05, 0) is 38.5 Å². The minimum atomic E-state index is -4.38. The summed E-state index contributed by atoms with van der Waals surface area (Å²) in [6.45, 7) is 3.70. The molecule has 1 unspecified atom stereocenters. The van der Waals surface area contributed by atoms with Gasteiger partial charge < -0.3 is 20.1 Å². The average molecular weight is 772 g/mol. The molecule has 0 bridgehead atoms. The molecule has 53 heavy (non-hydrogen) atoms. The van der Waals surface area contributed by atoms with E-state index in [9.17, 15) is 19.0 Å². The molecule has 0 aromatic heterocycles. The van der Waals surface area contributed by atoms with Gasteiger partial charge in [0.15, 0.2) is 6.10 Å². The number of unbranched alkanes of at least 4 members (excludes halogenated alkanes) is 24. The number of phosphoric ester groups is 1. The predicted octanol–water partition coefficient (Wildman–Crippen LogP) is 12.4. The summed E-state index contributed by atoms with van der Waals surface area (Å²) in [6.07, 6.45) is 42.1. The molecule has 0 aromatic rings. The molecule has 0 aromatic carbocycles. The molecule has 0 fully saturated rings. The van der Waals surface area contributed by atoms with E-state index in [2.05, 4.69) is 38.2 Å². The first-order valence-electron chi connectivity index (χ1n) is 21.8. The summed E-state index contributed by atoms with van der Waals surface area (Å²) >= 11 is 0. The van der Waals surface area contributed by atoms with E-state index in [0.717, 1.165) is 32.1 Å². The molecular formula is C43H82NO8P. The summed E-state index contributed by atoms with van der Waals surface area (Å²) in [5.74, 6) is -0.873. The maximum absolute atomic E-state index is 12.6. The zero-order valence-corrected chi connectivity index (χ0v) is 35.2. The maximum atomic E-state index is 12.6. The van der Waals surface area contributed by atoms with E-state index >= 15 is 0 Å². The fourth-order valence-corrected chi connectivity index (χ4v) is 6.85. The van der Waals surface area contributed by atoms with Crippen molar-refractivity contribution in [2.45, 2.75) is 213 Å². The summed E-state index contributed by atoms with van der Waals surface area (Å²) in [7, 11) is -4.38. The third kappa shape index (κ3) is 40.0. The molecule has 0 aliphatic heterocycles. The lowest BCUT2D eigenvalue weighted by atomic mass is 10.0. The van der Waals surface area contributed by atoms with Crippen LogP contribution >= 0.6 is 7.82 Å². The highest BCUT2D eigenvalue weighted by Gasteiger charge is 2.26. The number of hydrogen-bond acceptors (Lipinski definition) is 8. The van der Waals surface area contributed by atoms with Crippen molar-refractivity contribution in [2.24, 2.45) is 5.73 Å². The first-order chi connectivity index (χ1) is 25.8. The Labute approximate surface area is 325 Å². The van der Waals surface area contributed by atoms with Crippen molar-refractivity contribution in [3.63, 3.8) is 0 Å². The Kier molecular flexibility index (Phi) is 39.0. The van der Waals surface area contributed by atoms with E-state index < -0.39 is 32.5 Å². The Morgan fingerprint density at radius 1 is 0.566 bits per heavy atom. The van der Waals surface area contributed by atoms with Gasteiger partial charge in [-0.1, -0.05) is 179 Å². The van der Waals surface area contributed by atoms with Gasteiger partial charge in [-0.2, -0.15) is 0 Å². The summed E-state index contributed by atoms with van der Waals surface area (Å²) in [5, 5.41) is 0. The molecule has 0 spiro atoms. The van der Waals surface area contributed by atoms with Crippen molar-refractivity contribution >= 4 is 19.8 Å². The lowest BCUT2D eigenvalue weighted by Gasteiger charge is -2.19. The van der Waals surface area contributed by atoms with Gasteiger partial charge in [-0.15, -0.1) is 0 Å². The Morgan fingerprint density at radius 3 is 1.49 bits per heavy atom. The normalized spacial score (nSPS) is 13.5. The Bertz CT molecular complexity index is 928. The van der Waals surface area contributed by atoms with Crippen LogP contribution < -0.4 is 5.73 Å². The van der Waals surface area contributed by atoms with Crippen molar-refractivity contribution in [3.05, 3.63) is 24.3 Å². The Morgan fingerprint density at radius 2 is 1.00 bits per heavy atom. The number of nitrogens with two attached hydrogens (primary N) is 1. The van der Waals surface area contributed by atoms with E-state index in [-0.39, 0.29) is 32.6 Å². The van der Waals surface area contributed by atoms with Crippen molar-refractivity contribution in [2.75, 3.05) is 26.4 Å². The molecule has 0 aliphatic rings. The number of carbonyl (C=O) groups excluding carboxylic acids is 2. The zero-order chi connectivity index (χ0) is 38.9. The molecule has 0 heterocycles. The summed E-state index contributed by atoms with van der Waals surface area (Å²) in [5.41, 5.74) is 5.34. The van der Waals surface area contributed by atoms with Crippen LogP contribution in [0.15, 0.2) is 24.3 Å². The van der Waals surface area contributed by atoms with Gasteiger partial charge in [-0.3, -0.25) is 18.6 Å². The molecule has 0 saturated carbocycles. The highest BCUT2D eigenvalue weighted by atomic mass is 31.2. The second-order valence-corrected chi connectivity index (χ2v) is 16.0. The third-order valence-corrected chi connectivity index (χ3v) is 10.3. The van der Waals surface area contributed by atoms with Crippen LogP contribution in [0, 0.1) is 0 Å². The van der Waals surface area contributed by atoms with Crippen LogP contribution in [0.5, 0.6) is 0 Å². The van der Waals surface area contributed by atoms with Crippen molar-refractivity contribution in [1.82, 2.24) is 0 Å². The minimum absolute atomic E-state index is 0.0501. The maximum Gasteiger partial charge on any atom is 0.472 e. The number of ether oxygens (including phenoxy) is 2. The van der Waals surface area contributed by atoms with E-state index in [1.165, 1.54) is 135 Å². The average Bonchev–Trinajstić information content (AvgIpc) is 3.14. The van der Waals surface area contributed by atoms with Crippen LogP contribution in [0.25, 0.3) is 0 Å². The van der Waals surface area contributed by atoms with Gasteiger partial charge in [0.2, 0.25) is 0 Å². The summed E-state index contributed by atoms with van der Waals surface area (Å²) in [6, 6.07) is 0. The van der Waals surface area contributed by atoms with E-state index in [1.54, 1.807) is 0 Å². The number of phosphoric acid groups is 1. The van der Waals surface area contributed by atoms with Crippen molar-refractivity contribution in [3.8, 4) is 0 Å². The standard InChI is InChI=1S/C43H82NO8P/c1-3-5-7-9-11-13-15-17-19-20-22-23-25-27-29-31-33-35-42(45)49-39-41(40-51-53(47,48)50-38-37-44)52-43(46)36-34-32-30-28-26-24-21-18-16-14-12-10-8-6-4-2/h22-23,27,29,41H,3-21,24-26,28,30-40,44H2,1-2H3,(H,47,48)/b23-22+,29-27+/t41-/m1/s1. The molecule has 10 heteroatoms. The SMILES string of the molecule is CCCCCCCCCCC/C=C/C/C=C/CCCC(=O)OC[C@H](COP(=O)(O)OCCN)OC(=O)CCCCCCCCCCCCCCCCC. The second-order valence-electron chi connectivity index (χ2n) is 14.6. The molecule has 2 atom stereocenters. The number of allylic oxidation sites excluding steroid dienone is 4. The third-order valence-electron chi connectivity index (χ3n) is 9.34. The molecule has 0 amide bonds. The molecule has 9 nitrogen and oxygen atoms in total. The summed E-state index contributed by atoms with van der Waals surface area (Å²) < 4.78 is 32.7. The number of hydrogen-bond donors (Lipinski definition) is 2. The molecular weight excluding hydrogens is 689 g/mol. The van der Waals surface area contributed by atoms with Crippen LogP contribution in [0.4, 0.5) is 0 Å². The summed E-state index contributed by atoms with van der Waals surface area (Å²) in [4.78, 5) is 34.8. The largest absolute Gasteiger partial charge is 0.472 e. The van der Waals surface area contributed by atoms with Gasteiger partial charge in [0.1, 0.15) is 6.61 Å². The lowest BCUT2D eigenvalue weighted by molar-refractivity contribution is -0.161. The topological polar surface area (TPSA) is 134 Å². The van der Waals surface area contributed by atoms with Crippen LogP contribution in [0.3, 0.4) is 0 Å². The predicted molar refractivity (Wildman–Crippen MR) is 220 cm³/mol. The monoisotopic (exact) mass is 772 g/mol. The number of esters is 2. The smallest absolute Gasteiger partial charge is 0.462 e. The number of carbonyl (C=O) groups is 2. The molecule has 0 radical (unpaired) electrons. The van der Waals surface area contributed by atoms with E-state index in [0.29, 0.717) is 12.8 Å².